The van der Waals surface area contributed by atoms with Gasteiger partial charge >= 0.3 is 0 Å². The number of nitrogens with zero attached hydrogens (tertiary/aromatic N) is 2. The zero-order valence-electron chi connectivity index (χ0n) is 18.3. The van der Waals surface area contributed by atoms with Crippen LogP contribution in [0.15, 0.2) is 82.3 Å². The van der Waals surface area contributed by atoms with E-state index in [9.17, 15) is 0 Å². The summed E-state index contributed by atoms with van der Waals surface area (Å²) in [5.74, 6) is 0.327. The minimum absolute atomic E-state index is 0.121. The highest BCUT2D eigenvalue weighted by Crippen LogP contribution is 2.42. The van der Waals surface area contributed by atoms with Crippen LogP contribution >= 0.6 is 23.2 Å². The minimum atomic E-state index is 0.121. The van der Waals surface area contributed by atoms with Crippen molar-refractivity contribution in [1.29, 1.82) is 0 Å². The number of halogens is 2. The molecular weight excluding hydrogens is 453 g/mol. The molecule has 0 radical (unpaired) electrons. The van der Waals surface area contributed by atoms with E-state index in [0.717, 1.165) is 28.8 Å². The number of hydrogen-bond acceptors (Lipinski definition) is 2. The van der Waals surface area contributed by atoms with E-state index in [2.05, 4.69) is 35.1 Å². The lowest BCUT2D eigenvalue weighted by Crippen LogP contribution is -2.14. The van der Waals surface area contributed by atoms with Gasteiger partial charge in [-0.2, -0.15) is 0 Å². The number of aliphatic hydroxyl groups is 1. The second kappa shape index (κ2) is 10.3. The number of rotatable bonds is 5. The largest absolute Gasteiger partial charge is 0.396 e. The summed E-state index contributed by atoms with van der Waals surface area (Å²) in [6.45, 7) is 2.23. The number of aliphatic imine (C=N–C) groups is 2. The molecule has 6 heteroatoms. The van der Waals surface area contributed by atoms with Crippen LogP contribution in [0.2, 0.25) is 10.0 Å². The summed E-state index contributed by atoms with van der Waals surface area (Å²) in [4.78, 5) is 8.83. The Morgan fingerprint density at radius 3 is 2.55 bits per heavy atom. The molecule has 4 nitrogen and oxygen atoms in total. The van der Waals surface area contributed by atoms with Gasteiger partial charge in [0.1, 0.15) is 0 Å². The first-order valence-electron chi connectivity index (χ1n) is 10.8. The normalized spacial score (nSPS) is 16.4. The summed E-state index contributed by atoms with van der Waals surface area (Å²) >= 11 is 12.5. The highest BCUT2D eigenvalue weighted by molar-refractivity contribution is 6.42. The first-order chi connectivity index (χ1) is 16.0. The predicted octanol–water partition coefficient (Wildman–Crippen LogP) is 6.55. The van der Waals surface area contributed by atoms with Crippen LogP contribution in [0.5, 0.6) is 0 Å². The van der Waals surface area contributed by atoms with Crippen molar-refractivity contribution in [3.63, 3.8) is 0 Å². The molecule has 1 aliphatic rings. The van der Waals surface area contributed by atoms with E-state index in [1.54, 1.807) is 0 Å². The topological polar surface area (TPSA) is 71.0 Å². The Kier molecular flexibility index (Phi) is 7.29. The first kappa shape index (κ1) is 23.2. The summed E-state index contributed by atoms with van der Waals surface area (Å²) in [5, 5.41) is 10.1. The number of allylic oxidation sites excluding steroid dienone is 2. The molecule has 168 valence electrons. The second-order valence-corrected chi connectivity index (χ2v) is 8.85. The minimum Gasteiger partial charge on any atom is -0.396 e. The SMILES string of the molecule is CC1=C(C=NC(N)=Nc2ccc(CCO)cc2)CC(c2ccc(Cl)c(Cl)c2)c2ccccc21. The van der Waals surface area contributed by atoms with Crippen molar-refractivity contribution in [3.05, 3.63) is 105 Å². The lowest BCUT2D eigenvalue weighted by Gasteiger charge is -2.28. The molecule has 0 fully saturated rings. The standard InChI is InChI=1S/C27H25Cl2N3O/c1-17-20(16-31-27(30)32-21-9-6-18(7-10-21)12-13-33)14-24(23-5-3-2-4-22(17)23)19-8-11-25(28)26(29)15-19/h2-11,15-16,24,33H,12-14H2,1H3,(H2,30,32). The summed E-state index contributed by atoms with van der Waals surface area (Å²) in [6.07, 6.45) is 3.20. The molecule has 4 rings (SSSR count). The van der Waals surface area contributed by atoms with Gasteiger partial charge in [0.15, 0.2) is 0 Å². The zero-order chi connectivity index (χ0) is 23.4. The Labute approximate surface area is 204 Å². The van der Waals surface area contributed by atoms with Crippen molar-refractivity contribution in [2.45, 2.75) is 25.7 Å². The maximum atomic E-state index is 9.04. The second-order valence-electron chi connectivity index (χ2n) is 8.04. The van der Waals surface area contributed by atoms with E-state index in [0.29, 0.717) is 16.5 Å². The molecule has 33 heavy (non-hydrogen) atoms. The maximum Gasteiger partial charge on any atom is 0.220 e. The molecule has 1 aliphatic carbocycles. The highest BCUT2D eigenvalue weighted by Gasteiger charge is 2.25. The van der Waals surface area contributed by atoms with Gasteiger partial charge in [0.05, 0.1) is 15.7 Å². The molecule has 3 aromatic carbocycles. The molecular formula is C27H25Cl2N3O. The van der Waals surface area contributed by atoms with Gasteiger partial charge < -0.3 is 10.8 Å². The molecule has 0 aromatic heterocycles. The van der Waals surface area contributed by atoms with Crippen LogP contribution in [0.3, 0.4) is 0 Å². The molecule has 0 aliphatic heterocycles. The van der Waals surface area contributed by atoms with Crippen LogP contribution in [0.4, 0.5) is 5.69 Å². The van der Waals surface area contributed by atoms with Gasteiger partial charge in [-0.25, -0.2) is 9.98 Å². The first-order valence-corrected chi connectivity index (χ1v) is 11.5. The zero-order valence-corrected chi connectivity index (χ0v) is 19.8. The highest BCUT2D eigenvalue weighted by atomic mass is 35.5. The Hall–Kier alpha value is -2.92. The third-order valence-electron chi connectivity index (χ3n) is 5.93. The van der Waals surface area contributed by atoms with E-state index < -0.39 is 0 Å². The third-order valence-corrected chi connectivity index (χ3v) is 6.66. The molecule has 0 heterocycles. The molecule has 0 bridgehead atoms. The number of fused-ring (bicyclic) bond motifs is 1. The van der Waals surface area contributed by atoms with Gasteiger partial charge in [0, 0.05) is 18.7 Å². The van der Waals surface area contributed by atoms with Gasteiger partial charge in [-0.15, -0.1) is 0 Å². The summed E-state index contributed by atoms with van der Waals surface area (Å²) < 4.78 is 0. The Morgan fingerprint density at radius 1 is 1.06 bits per heavy atom. The quantitative estimate of drug-likeness (QED) is 0.322. The van der Waals surface area contributed by atoms with E-state index >= 15 is 0 Å². The van der Waals surface area contributed by atoms with Gasteiger partial charge in [0.25, 0.3) is 0 Å². The van der Waals surface area contributed by atoms with Gasteiger partial charge in [0.2, 0.25) is 5.96 Å². The van der Waals surface area contributed by atoms with Gasteiger partial charge in [-0.1, -0.05) is 65.7 Å². The molecule has 3 N–H and O–H groups in total. The van der Waals surface area contributed by atoms with Gasteiger partial charge in [-0.3, -0.25) is 0 Å². The average Bonchev–Trinajstić information content (AvgIpc) is 2.82. The Bertz CT molecular complexity index is 1250. The molecule has 1 unspecified atom stereocenters. The van der Waals surface area contributed by atoms with Crippen LogP contribution in [0.1, 0.15) is 41.5 Å². The van der Waals surface area contributed by atoms with E-state index in [1.807, 2.05) is 54.7 Å². The molecule has 0 amide bonds. The van der Waals surface area contributed by atoms with Crippen molar-refractivity contribution in [2.75, 3.05) is 6.61 Å². The molecule has 3 aromatic rings. The molecule has 1 atom stereocenters. The van der Waals surface area contributed by atoms with E-state index in [1.165, 1.54) is 16.7 Å². The molecule has 0 saturated carbocycles. The maximum absolute atomic E-state index is 9.04. The van der Waals surface area contributed by atoms with E-state index in [4.69, 9.17) is 34.0 Å². The number of hydrogen-bond donors (Lipinski definition) is 2. The average molecular weight is 478 g/mol. The monoisotopic (exact) mass is 477 g/mol. The van der Waals surface area contributed by atoms with Crippen molar-refractivity contribution >= 4 is 46.6 Å². The molecule has 0 saturated heterocycles. The van der Waals surface area contributed by atoms with Crippen LogP contribution in [-0.2, 0) is 6.42 Å². The number of benzene rings is 3. The van der Waals surface area contributed by atoms with Gasteiger partial charge in [-0.05, 0) is 77.4 Å². The van der Waals surface area contributed by atoms with Crippen LogP contribution < -0.4 is 5.73 Å². The van der Waals surface area contributed by atoms with Crippen LogP contribution in [0.25, 0.3) is 5.57 Å². The number of guanidine groups is 1. The summed E-state index contributed by atoms with van der Waals surface area (Å²) in [5.41, 5.74) is 13.7. The fourth-order valence-electron chi connectivity index (χ4n) is 4.15. The van der Waals surface area contributed by atoms with Crippen molar-refractivity contribution in [1.82, 2.24) is 0 Å². The van der Waals surface area contributed by atoms with E-state index in [-0.39, 0.29) is 18.5 Å². The smallest absolute Gasteiger partial charge is 0.220 e. The third kappa shape index (κ3) is 5.36. The van der Waals surface area contributed by atoms with Crippen molar-refractivity contribution in [2.24, 2.45) is 15.7 Å². The summed E-state index contributed by atoms with van der Waals surface area (Å²) in [6, 6.07) is 21.8. The lowest BCUT2D eigenvalue weighted by atomic mass is 9.76. The summed E-state index contributed by atoms with van der Waals surface area (Å²) in [7, 11) is 0. The fourth-order valence-corrected chi connectivity index (χ4v) is 4.45. The molecule has 0 spiro atoms. The predicted molar refractivity (Wildman–Crippen MR) is 139 cm³/mol. The van der Waals surface area contributed by atoms with Crippen LogP contribution in [-0.4, -0.2) is 23.9 Å². The van der Waals surface area contributed by atoms with Crippen LogP contribution in [0, 0.1) is 0 Å². The Balaban J connectivity index is 1.62. The lowest BCUT2D eigenvalue weighted by molar-refractivity contribution is 0.299. The van der Waals surface area contributed by atoms with Crippen molar-refractivity contribution in [3.8, 4) is 0 Å². The fraction of sp³-hybridized carbons (Fsp3) is 0.185. The number of nitrogens with two attached hydrogens (primary N) is 1. The Morgan fingerprint density at radius 2 is 1.82 bits per heavy atom. The number of aliphatic hydroxyl groups excluding tert-OH is 1. The van der Waals surface area contributed by atoms with Crippen molar-refractivity contribution < 1.29 is 5.11 Å².